The minimum Gasteiger partial charge on any atom is -0.338 e. The molecule has 142 valence electrons. The van der Waals surface area contributed by atoms with Gasteiger partial charge in [-0.3, -0.25) is 9.59 Å². The third-order valence-electron chi connectivity index (χ3n) is 5.85. The number of hydrazine groups is 1. The Hall–Kier alpha value is -2.96. The highest BCUT2D eigenvalue weighted by molar-refractivity contribution is 9.10. The molecule has 5 nitrogen and oxygen atoms in total. The summed E-state index contributed by atoms with van der Waals surface area (Å²) < 4.78 is 1.78. The summed E-state index contributed by atoms with van der Waals surface area (Å²) in [5.41, 5.74) is 3.22. The van der Waals surface area contributed by atoms with E-state index in [2.05, 4.69) is 44.8 Å². The molecule has 0 bridgehead atoms. The van der Waals surface area contributed by atoms with Gasteiger partial charge in [0.25, 0.3) is 11.8 Å². The summed E-state index contributed by atoms with van der Waals surface area (Å²) in [7, 11) is 0. The third kappa shape index (κ3) is 2.30. The van der Waals surface area contributed by atoms with E-state index >= 15 is 0 Å². The van der Waals surface area contributed by atoms with Crippen molar-refractivity contribution in [3.05, 3.63) is 83.9 Å². The van der Waals surface area contributed by atoms with Gasteiger partial charge in [0.1, 0.15) is 4.45 Å². The number of fused-ring (bicyclic) bond motifs is 4. The fourth-order valence-electron chi connectivity index (χ4n) is 4.39. The Labute approximate surface area is 175 Å². The van der Waals surface area contributed by atoms with Gasteiger partial charge in [0, 0.05) is 21.8 Å². The Morgan fingerprint density at radius 1 is 0.759 bits per heavy atom. The lowest BCUT2D eigenvalue weighted by molar-refractivity contribution is 0.0354. The number of hydrogen-bond donors (Lipinski definition) is 0. The average molecular weight is 446 g/mol. The van der Waals surface area contributed by atoms with E-state index in [1.54, 1.807) is 24.3 Å². The van der Waals surface area contributed by atoms with E-state index in [9.17, 15) is 9.59 Å². The second kappa shape index (κ2) is 5.78. The van der Waals surface area contributed by atoms with Crippen LogP contribution in [0.3, 0.4) is 0 Å². The molecule has 4 aromatic rings. The SMILES string of the molecule is O=C1c2ccccc2C(=O)N1N1CC1(Br)Cn1c2ccccc2c2ccccc21. The number of para-hydroxylation sites is 2. The minimum atomic E-state index is -0.481. The van der Waals surface area contributed by atoms with Gasteiger partial charge in [-0.05, 0) is 24.3 Å². The van der Waals surface area contributed by atoms with Crippen LogP contribution in [0.1, 0.15) is 20.7 Å². The molecule has 0 N–H and O–H groups in total. The number of halogens is 1. The summed E-state index contributed by atoms with van der Waals surface area (Å²) in [5.74, 6) is -0.511. The maximum Gasteiger partial charge on any atom is 0.276 e. The molecule has 2 aliphatic heterocycles. The van der Waals surface area contributed by atoms with Gasteiger partial charge in [0.2, 0.25) is 0 Å². The Kier molecular flexibility index (Phi) is 3.38. The normalized spacial score (nSPS) is 23.2. The molecule has 2 amide bonds. The van der Waals surface area contributed by atoms with Gasteiger partial charge in [-0.1, -0.05) is 64.5 Å². The van der Waals surface area contributed by atoms with Crippen molar-refractivity contribution in [2.75, 3.05) is 6.54 Å². The maximum absolute atomic E-state index is 12.8. The van der Waals surface area contributed by atoms with Gasteiger partial charge in [-0.25, -0.2) is 5.01 Å². The number of rotatable bonds is 3. The van der Waals surface area contributed by atoms with Crippen LogP contribution < -0.4 is 0 Å². The summed E-state index contributed by atoms with van der Waals surface area (Å²) in [6.07, 6.45) is 0. The second-order valence-electron chi connectivity index (χ2n) is 7.56. The summed E-state index contributed by atoms with van der Waals surface area (Å²) in [4.78, 5) is 25.7. The van der Waals surface area contributed by atoms with Crippen LogP contribution in [0.5, 0.6) is 0 Å². The predicted molar refractivity (Wildman–Crippen MR) is 115 cm³/mol. The monoisotopic (exact) mass is 445 g/mol. The predicted octanol–water partition coefficient (Wildman–Crippen LogP) is 4.41. The molecule has 3 heterocycles. The van der Waals surface area contributed by atoms with E-state index in [1.807, 2.05) is 29.3 Å². The number of nitrogens with zero attached hydrogens (tertiary/aromatic N) is 3. The largest absolute Gasteiger partial charge is 0.338 e. The lowest BCUT2D eigenvalue weighted by Crippen LogP contribution is -2.39. The first-order valence-electron chi connectivity index (χ1n) is 9.49. The van der Waals surface area contributed by atoms with Gasteiger partial charge >= 0.3 is 0 Å². The van der Waals surface area contributed by atoms with Crippen LogP contribution in [0.15, 0.2) is 72.8 Å². The lowest BCUT2D eigenvalue weighted by Gasteiger charge is -2.20. The maximum atomic E-state index is 12.8. The molecule has 29 heavy (non-hydrogen) atoms. The van der Waals surface area contributed by atoms with Crippen molar-refractivity contribution in [1.29, 1.82) is 0 Å². The van der Waals surface area contributed by atoms with Crippen LogP contribution in [0.25, 0.3) is 21.8 Å². The van der Waals surface area contributed by atoms with Crippen LogP contribution in [-0.4, -0.2) is 37.4 Å². The van der Waals surface area contributed by atoms with E-state index in [4.69, 9.17) is 0 Å². The smallest absolute Gasteiger partial charge is 0.276 e. The van der Waals surface area contributed by atoms with Crippen molar-refractivity contribution in [3.63, 3.8) is 0 Å². The van der Waals surface area contributed by atoms with E-state index in [1.165, 1.54) is 15.8 Å². The number of hydrogen-bond acceptors (Lipinski definition) is 3. The van der Waals surface area contributed by atoms with Gasteiger partial charge in [-0.2, -0.15) is 5.01 Å². The highest BCUT2D eigenvalue weighted by Crippen LogP contribution is 2.45. The zero-order chi connectivity index (χ0) is 19.8. The van der Waals surface area contributed by atoms with E-state index < -0.39 is 4.45 Å². The van der Waals surface area contributed by atoms with E-state index in [0.29, 0.717) is 24.2 Å². The summed E-state index contributed by atoms with van der Waals surface area (Å²) >= 11 is 3.82. The van der Waals surface area contributed by atoms with Crippen molar-refractivity contribution in [2.24, 2.45) is 0 Å². The van der Waals surface area contributed by atoms with Crippen molar-refractivity contribution < 1.29 is 9.59 Å². The van der Waals surface area contributed by atoms with Gasteiger partial charge in [-0.15, -0.1) is 0 Å². The number of carbonyl (C=O) groups is 2. The molecule has 0 aliphatic carbocycles. The molecule has 0 saturated carbocycles. The van der Waals surface area contributed by atoms with Crippen molar-refractivity contribution in [2.45, 2.75) is 11.0 Å². The number of aromatic nitrogens is 1. The number of carbonyl (C=O) groups excluding carboxylic acids is 2. The number of benzene rings is 3. The van der Waals surface area contributed by atoms with Crippen LogP contribution in [0, 0.1) is 0 Å². The Morgan fingerprint density at radius 3 is 1.79 bits per heavy atom. The highest BCUT2D eigenvalue weighted by Gasteiger charge is 2.59. The standard InChI is InChI=1S/C23H16BrN3O2/c24-23(14-26(23)27-21(28)17-9-1-2-10-18(17)22(27)29)13-25-19-11-5-3-7-15(19)16-8-4-6-12-20(16)25/h1-12H,13-14H2. The first kappa shape index (κ1) is 16.9. The molecular formula is C23H16BrN3O2. The zero-order valence-corrected chi connectivity index (χ0v) is 17.0. The van der Waals surface area contributed by atoms with E-state index in [-0.39, 0.29) is 11.8 Å². The molecule has 0 radical (unpaired) electrons. The topological polar surface area (TPSA) is 45.3 Å². The van der Waals surface area contributed by atoms with Crippen LogP contribution in [0.4, 0.5) is 0 Å². The summed E-state index contributed by atoms with van der Waals surface area (Å²) in [5, 5.41) is 5.51. The van der Waals surface area contributed by atoms with E-state index in [0.717, 1.165) is 11.0 Å². The molecule has 1 aromatic heterocycles. The molecule has 6 rings (SSSR count). The van der Waals surface area contributed by atoms with Crippen LogP contribution in [-0.2, 0) is 6.54 Å². The minimum absolute atomic E-state index is 0.255. The molecule has 6 heteroatoms. The summed E-state index contributed by atoms with van der Waals surface area (Å²) in [6, 6.07) is 23.6. The quantitative estimate of drug-likeness (QED) is 0.203. The molecule has 1 saturated heterocycles. The first-order chi connectivity index (χ1) is 14.1. The number of alkyl halides is 1. The van der Waals surface area contributed by atoms with Crippen LogP contribution in [0.2, 0.25) is 0 Å². The molecular weight excluding hydrogens is 430 g/mol. The Morgan fingerprint density at radius 2 is 1.24 bits per heavy atom. The molecule has 2 unspecified atom stereocenters. The van der Waals surface area contributed by atoms with Crippen LogP contribution >= 0.6 is 15.9 Å². The number of imide groups is 1. The van der Waals surface area contributed by atoms with Gasteiger partial charge in [0.15, 0.2) is 0 Å². The summed E-state index contributed by atoms with van der Waals surface area (Å²) in [6.45, 7) is 1.20. The van der Waals surface area contributed by atoms with Gasteiger partial charge < -0.3 is 4.57 Å². The molecule has 0 spiro atoms. The third-order valence-corrected chi connectivity index (χ3v) is 6.76. The average Bonchev–Trinajstić information content (AvgIpc) is 3.20. The molecule has 1 fully saturated rings. The fourth-order valence-corrected chi connectivity index (χ4v) is 5.03. The fraction of sp³-hybridized carbons (Fsp3) is 0.130. The van der Waals surface area contributed by atoms with Gasteiger partial charge in [0.05, 0.1) is 24.2 Å². The number of amides is 2. The zero-order valence-electron chi connectivity index (χ0n) is 15.4. The molecule has 2 atom stereocenters. The highest BCUT2D eigenvalue weighted by atomic mass is 79.9. The van der Waals surface area contributed by atoms with Crippen molar-refractivity contribution >= 4 is 49.6 Å². The lowest BCUT2D eigenvalue weighted by atomic mass is 10.1. The van der Waals surface area contributed by atoms with Crippen molar-refractivity contribution in [3.8, 4) is 0 Å². The first-order valence-corrected chi connectivity index (χ1v) is 10.3. The Bertz CT molecular complexity index is 1260. The molecule has 3 aromatic carbocycles. The molecule has 2 aliphatic rings. The second-order valence-corrected chi connectivity index (χ2v) is 9.04. The Balaban J connectivity index is 1.39. The van der Waals surface area contributed by atoms with Crippen molar-refractivity contribution in [1.82, 2.24) is 14.6 Å².